The molecule has 0 unspecified atom stereocenters. The minimum Gasteiger partial charge on any atom is -0.474 e. The summed E-state index contributed by atoms with van der Waals surface area (Å²) in [5, 5.41) is 1.01. The number of hydrogen-bond acceptors (Lipinski definition) is 7. The van der Waals surface area contributed by atoms with Crippen molar-refractivity contribution in [3.63, 3.8) is 0 Å². The van der Waals surface area contributed by atoms with E-state index in [2.05, 4.69) is 43.0 Å². The van der Waals surface area contributed by atoms with Crippen LogP contribution in [0.25, 0.3) is 10.9 Å². The van der Waals surface area contributed by atoms with Gasteiger partial charge < -0.3 is 14.1 Å². The third-order valence-electron chi connectivity index (χ3n) is 5.74. The van der Waals surface area contributed by atoms with Crippen LogP contribution in [0.15, 0.2) is 41.4 Å². The van der Waals surface area contributed by atoms with Crippen molar-refractivity contribution < 1.29 is 9.15 Å². The molecule has 2 aromatic heterocycles. The lowest BCUT2D eigenvalue weighted by Crippen LogP contribution is -2.46. The summed E-state index contributed by atoms with van der Waals surface area (Å²) in [6.45, 7) is 4.68. The van der Waals surface area contributed by atoms with Crippen LogP contribution in [0.1, 0.15) is 31.6 Å². The van der Waals surface area contributed by atoms with E-state index in [1.165, 1.54) is 18.5 Å². The van der Waals surface area contributed by atoms with E-state index in [1.807, 2.05) is 0 Å². The molecule has 1 aliphatic heterocycles. The fourth-order valence-corrected chi connectivity index (χ4v) is 4.16. The zero-order chi connectivity index (χ0) is 18.8. The van der Waals surface area contributed by atoms with Crippen LogP contribution in [0.5, 0.6) is 5.88 Å². The molecule has 0 bridgehead atoms. The van der Waals surface area contributed by atoms with E-state index >= 15 is 0 Å². The number of oxazole rings is 1. The van der Waals surface area contributed by atoms with Crippen LogP contribution in [-0.4, -0.2) is 52.1 Å². The standard InChI is InChI=1S/C21H25N5O2/c1-2-4-17(3-1)28-21-18-13-16(5-6-19(18)23-15-24-21)26-10-8-25(9-11-26)14-20-22-7-12-27-20/h5-7,12-13,15,17H,1-4,8-11,14H2. The molecule has 7 nitrogen and oxygen atoms in total. The summed E-state index contributed by atoms with van der Waals surface area (Å²) in [5.74, 6) is 1.51. The van der Waals surface area contributed by atoms with Crippen molar-refractivity contribution in [2.45, 2.75) is 38.3 Å². The molecule has 1 saturated heterocycles. The molecular formula is C21H25N5O2. The summed E-state index contributed by atoms with van der Waals surface area (Å²) < 4.78 is 11.6. The van der Waals surface area contributed by atoms with Gasteiger partial charge in [0, 0.05) is 31.9 Å². The Bertz CT molecular complexity index is 916. The Labute approximate surface area is 164 Å². The van der Waals surface area contributed by atoms with E-state index in [9.17, 15) is 0 Å². The van der Waals surface area contributed by atoms with Crippen molar-refractivity contribution in [3.05, 3.63) is 42.9 Å². The van der Waals surface area contributed by atoms with Gasteiger partial charge in [0.1, 0.15) is 18.7 Å². The van der Waals surface area contributed by atoms with Crippen molar-refractivity contribution in [3.8, 4) is 5.88 Å². The van der Waals surface area contributed by atoms with Gasteiger partial charge in [-0.2, -0.15) is 0 Å². The van der Waals surface area contributed by atoms with Crippen molar-refractivity contribution in [2.75, 3.05) is 31.1 Å². The van der Waals surface area contributed by atoms with E-state index in [0.29, 0.717) is 6.10 Å². The van der Waals surface area contributed by atoms with Crippen LogP contribution >= 0.6 is 0 Å². The van der Waals surface area contributed by atoms with Crippen LogP contribution in [-0.2, 0) is 6.54 Å². The average Bonchev–Trinajstić information content (AvgIpc) is 3.43. The molecule has 0 amide bonds. The quantitative estimate of drug-likeness (QED) is 0.674. The van der Waals surface area contributed by atoms with E-state index in [0.717, 1.165) is 68.2 Å². The summed E-state index contributed by atoms with van der Waals surface area (Å²) in [6.07, 6.45) is 9.97. The van der Waals surface area contributed by atoms with Gasteiger partial charge in [-0.15, -0.1) is 0 Å². The van der Waals surface area contributed by atoms with Crippen LogP contribution in [0, 0.1) is 0 Å². The summed E-state index contributed by atoms with van der Waals surface area (Å²) in [6, 6.07) is 6.41. The van der Waals surface area contributed by atoms with Crippen molar-refractivity contribution in [2.24, 2.45) is 0 Å². The first-order valence-electron chi connectivity index (χ1n) is 10.1. The lowest BCUT2D eigenvalue weighted by molar-refractivity contribution is 0.204. The molecule has 5 rings (SSSR count). The number of aromatic nitrogens is 3. The van der Waals surface area contributed by atoms with Gasteiger partial charge in [0.15, 0.2) is 0 Å². The third kappa shape index (κ3) is 3.67. The molecule has 7 heteroatoms. The molecular weight excluding hydrogens is 354 g/mol. The van der Waals surface area contributed by atoms with Crippen LogP contribution in [0.3, 0.4) is 0 Å². The predicted molar refractivity (Wildman–Crippen MR) is 106 cm³/mol. The predicted octanol–water partition coefficient (Wildman–Crippen LogP) is 3.26. The van der Waals surface area contributed by atoms with Crippen LogP contribution < -0.4 is 9.64 Å². The molecule has 28 heavy (non-hydrogen) atoms. The number of nitrogens with zero attached hydrogens (tertiary/aromatic N) is 5. The van der Waals surface area contributed by atoms with E-state index in [1.54, 1.807) is 18.8 Å². The maximum Gasteiger partial charge on any atom is 0.224 e. The lowest BCUT2D eigenvalue weighted by Gasteiger charge is -2.35. The molecule has 1 aliphatic carbocycles. The van der Waals surface area contributed by atoms with E-state index in [-0.39, 0.29) is 0 Å². The maximum atomic E-state index is 6.21. The maximum absolute atomic E-state index is 6.21. The molecule has 2 aliphatic rings. The Morgan fingerprint density at radius 1 is 1.04 bits per heavy atom. The molecule has 3 aromatic rings. The highest BCUT2D eigenvalue weighted by Gasteiger charge is 2.21. The topological polar surface area (TPSA) is 67.5 Å². The number of piperazine rings is 1. The largest absolute Gasteiger partial charge is 0.474 e. The Morgan fingerprint density at radius 2 is 1.89 bits per heavy atom. The monoisotopic (exact) mass is 379 g/mol. The van der Waals surface area contributed by atoms with Crippen LogP contribution in [0.4, 0.5) is 5.69 Å². The summed E-state index contributed by atoms with van der Waals surface area (Å²) in [7, 11) is 0. The Kier molecular flexibility index (Phi) is 4.83. The molecule has 0 radical (unpaired) electrons. The second-order valence-corrected chi connectivity index (χ2v) is 7.59. The van der Waals surface area contributed by atoms with Crippen molar-refractivity contribution in [1.82, 2.24) is 19.9 Å². The minimum atomic E-state index is 0.292. The molecule has 2 fully saturated rings. The highest BCUT2D eigenvalue weighted by atomic mass is 16.5. The fourth-order valence-electron chi connectivity index (χ4n) is 4.16. The smallest absolute Gasteiger partial charge is 0.224 e. The van der Waals surface area contributed by atoms with Gasteiger partial charge in [0.25, 0.3) is 0 Å². The second kappa shape index (κ2) is 7.75. The van der Waals surface area contributed by atoms with E-state index < -0.39 is 0 Å². The molecule has 0 atom stereocenters. The van der Waals surface area contributed by atoms with Gasteiger partial charge in [0.05, 0.1) is 23.6 Å². The van der Waals surface area contributed by atoms with Crippen molar-refractivity contribution in [1.29, 1.82) is 0 Å². The van der Waals surface area contributed by atoms with Gasteiger partial charge in [-0.1, -0.05) is 0 Å². The highest BCUT2D eigenvalue weighted by molar-refractivity contribution is 5.86. The normalized spacial score (nSPS) is 18.8. The number of fused-ring (bicyclic) bond motifs is 1. The minimum absolute atomic E-state index is 0.292. The van der Waals surface area contributed by atoms with Crippen molar-refractivity contribution >= 4 is 16.6 Å². The highest BCUT2D eigenvalue weighted by Crippen LogP contribution is 2.30. The molecule has 146 valence electrons. The number of benzene rings is 1. The fraction of sp³-hybridized carbons (Fsp3) is 0.476. The molecule has 1 aromatic carbocycles. The molecule has 1 saturated carbocycles. The molecule has 0 N–H and O–H groups in total. The Morgan fingerprint density at radius 3 is 2.68 bits per heavy atom. The Hall–Kier alpha value is -2.67. The van der Waals surface area contributed by atoms with Gasteiger partial charge >= 0.3 is 0 Å². The summed E-state index contributed by atoms with van der Waals surface area (Å²) >= 11 is 0. The van der Waals surface area contributed by atoms with Gasteiger partial charge in [-0.25, -0.2) is 15.0 Å². The van der Waals surface area contributed by atoms with Crippen LogP contribution in [0.2, 0.25) is 0 Å². The SMILES string of the molecule is c1coc(CN2CCN(c3ccc4ncnc(OC5CCCC5)c4c3)CC2)n1. The number of anilines is 1. The third-order valence-corrected chi connectivity index (χ3v) is 5.74. The zero-order valence-electron chi connectivity index (χ0n) is 16.0. The zero-order valence-corrected chi connectivity index (χ0v) is 16.0. The first kappa shape index (κ1) is 17.4. The number of rotatable bonds is 5. The average molecular weight is 379 g/mol. The van der Waals surface area contributed by atoms with Gasteiger partial charge in [0.2, 0.25) is 11.8 Å². The number of ether oxygens (including phenoxy) is 1. The van der Waals surface area contributed by atoms with Gasteiger partial charge in [-0.3, -0.25) is 4.90 Å². The molecule has 0 spiro atoms. The first-order chi connectivity index (χ1) is 13.8. The van der Waals surface area contributed by atoms with E-state index in [4.69, 9.17) is 9.15 Å². The summed E-state index contributed by atoms with van der Waals surface area (Å²) in [4.78, 5) is 17.9. The van der Waals surface area contributed by atoms with Gasteiger partial charge in [-0.05, 0) is 43.9 Å². The Balaban J connectivity index is 1.30. The number of hydrogen-bond donors (Lipinski definition) is 0. The molecule has 3 heterocycles. The lowest BCUT2D eigenvalue weighted by atomic mass is 10.2. The second-order valence-electron chi connectivity index (χ2n) is 7.59. The first-order valence-corrected chi connectivity index (χ1v) is 10.1. The summed E-state index contributed by atoms with van der Waals surface area (Å²) in [5.41, 5.74) is 2.14.